The monoisotopic (exact) mass is 234 g/mol. The topological polar surface area (TPSA) is 39.4 Å². The lowest BCUT2D eigenvalue weighted by molar-refractivity contribution is 0.0566. The number of hydrogen-bond donors (Lipinski definition) is 0. The van der Waals surface area contributed by atoms with Gasteiger partial charge in [-0.2, -0.15) is 0 Å². The van der Waals surface area contributed by atoms with Gasteiger partial charge in [-0.1, -0.05) is 12.1 Å². The van der Waals surface area contributed by atoms with Crippen molar-refractivity contribution < 1.29 is 18.3 Å². The van der Waals surface area contributed by atoms with Crippen molar-refractivity contribution in [3.8, 4) is 11.3 Å². The lowest BCUT2D eigenvalue weighted by Gasteiger charge is -2.00. The summed E-state index contributed by atoms with van der Waals surface area (Å²) >= 11 is 0. The lowest BCUT2D eigenvalue weighted by atomic mass is 10.1. The van der Waals surface area contributed by atoms with Gasteiger partial charge < -0.3 is 9.15 Å². The quantitative estimate of drug-likeness (QED) is 0.749. The number of benzene rings is 1. The standard InChI is InChI=1S/C13H11FO3/c1-8-3-4-9(7-10(8)14)11-5-6-12(17-11)13(15)16-2/h3-7H,1-2H3. The molecule has 0 unspecified atom stereocenters. The molecule has 0 aliphatic heterocycles. The van der Waals surface area contributed by atoms with Crippen molar-refractivity contribution in [2.75, 3.05) is 7.11 Å². The van der Waals surface area contributed by atoms with E-state index >= 15 is 0 Å². The van der Waals surface area contributed by atoms with E-state index in [1.165, 1.54) is 19.2 Å². The fourth-order valence-electron chi connectivity index (χ4n) is 1.45. The van der Waals surface area contributed by atoms with Crippen LogP contribution in [0.2, 0.25) is 0 Å². The zero-order valence-electron chi connectivity index (χ0n) is 9.49. The number of carbonyl (C=O) groups excluding carboxylic acids is 1. The minimum absolute atomic E-state index is 0.100. The van der Waals surface area contributed by atoms with E-state index in [0.29, 0.717) is 16.9 Å². The second kappa shape index (κ2) is 4.41. The number of furan rings is 1. The van der Waals surface area contributed by atoms with Gasteiger partial charge in [0.1, 0.15) is 11.6 Å². The summed E-state index contributed by atoms with van der Waals surface area (Å²) in [6.45, 7) is 1.68. The number of carbonyl (C=O) groups is 1. The Morgan fingerprint density at radius 1 is 1.29 bits per heavy atom. The highest BCUT2D eigenvalue weighted by Crippen LogP contribution is 2.24. The SMILES string of the molecule is COC(=O)c1ccc(-c2ccc(C)c(F)c2)o1. The van der Waals surface area contributed by atoms with Gasteiger partial charge >= 0.3 is 5.97 Å². The number of methoxy groups -OCH3 is 1. The Hall–Kier alpha value is -2.10. The van der Waals surface area contributed by atoms with Crippen LogP contribution in [0.4, 0.5) is 4.39 Å². The third-order valence-corrected chi connectivity index (χ3v) is 2.45. The van der Waals surface area contributed by atoms with Crippen LogP contribution in [-0.2, 0) is 4.74 Å². The largest absolute Gasteiger partial charge is 0.463 e. The van der Waals surface area contributed by atoms with Gasteiger partial charge in [0.25, 0.3) is 0 Å². The van der Waals surface area contributed by atoms with Gasteiger partial charge in [-0.25, -0.2) is 9.18 Å². The van der Waals surface area contributed by atoms with E-state index in [0.717, 1.165) is 0 Å². The van der Waals surface area contributed by atoms with Gasteiger partial charge in [-0.05, 0) is 30.7 Å². The fourth-order valence-corrected chi connectivity index (χ4v) is 1.45. The summed E-state index contributed by atoms with van der Waals surface area (Å²) in [4.78, 5) is 11.2. The maximum atomic E-state index is 13.4. The minimum Gasteiger partial charge on any atom is -0.463 e. The molecular formula is C13H11FO3. The van der Waals surface area contributed by atoms with E-state index in [2.05, 4.69) is 4.74 Å². The molecule has 0 radical (unpaired) electrons. The first-order valence-corrected chi connectivity index (χ1v) is 5.06. The predicted molar refractivity (Wildman–Crippen MR) is 60.2 cm³/mol. The van der Waals surface area contributed by atoms with Crippen molar-refractivity contribution in [2.45, 2.75) is 6.92 Å². The van der Waals surface area contributed by atoms with Crippen LogP contribution < -0.4 is 0 Å². The molecule has 0 amide bonds. The van der Waals surface area contributed by atoms with Crippen LogP contribution in [0.5, 0.6) is 0 Å². The van der Waals surface area contributed by atoms with Gasteiger partial charge in [-0.3, -0.25) is 0 Å². The number of rotatable bonds is 2. The second-order valence-electron chi connectivity index (χ2n) is 3.62. The van der Waals surface area contributed by atoms with Gasteiger partial charge in [-0.15, -0.1) is 0 Å². The van der Waals surface area contributed by atoms with Crippen molar-refractivity contribution >= 4 is 5.97 Å². The summed E-state index contributed by atoms with van der Waals surface area (Å²) in [6.07, 6.45) is 0. The minimum atomic E-state index is -0.552. The van der Waals surface area contributed by atoms with Crippen LogP contribution in [0.15, 0.2) is 34.7 Å². The summed E-state index contributed by atoms with van der Waals surface area (Å²) in [7, 11) is 1.27. The molecule has 0 fully saturated rings. The molecule has 17 heavy (non-hydrogen) atoms. The molecule has 2 aromatic rings. The van der Waals surface area contributed by atoms with Gasteiger partial charge in [0.15, 0.2) is 0 Å². The number of aryl methyl sites for hydroxylation is 1. The van der Waals surface area contributed by atoms with Gasteiger partial charge in [0, 0.05) is 5.56 Å². The molecule has 0 aliphatic rings. The number of halogens is 1. The first-order valence-electron chi connectivity index (χ1n) is 5.06. The van der Waals surface area contributed by atoms with Crippen molar-refractivity contribution in [2.24, 2.45) is 0 Å². The molecule has 3 nitrogen and oxygen atoms in total. The maximum absolute atomic E-state index is 13.4. The molecule has 0 saturated carbocycles. The molecule has 0 spiro atoms. The average molecular weight is 234 g/mol. The van der Waals surface area contributed by atoms with Crippen LogP contribution in [0, 0.1) is 12.7 Å². The Labute approximate surface area is 97.8 Å². The van der Waals surface area contributed by atoms with Crippen molar-refractivity contribution in [3.05, 3.63) is 47.5 Å². The highest BCUT2D eigenvalue weighted by molar-refractivity contribution is 5.87. The van der Waals surface area contributed by atoms with Crippen LogP contribution in [0.3, 0.4) is 0 Å². The van der Waals surface area contributed by atoms with Crippen molar-refractivity contribution in [1.82, 2.24) is 0 Å². The molecule has 1 aromatic heterocycles. The summed E-state index contributed by atoms with van der Waals surface area (Å²) in [5.74, 6) is -0.324. The Kier molecular flexibility index (Phi) is 2.95. The number of ether oxygens (including phenoxy) is 1. The summed E-state index contributed by atoms with van der Waals surface area (Å²) in [6, 6.07) is 7.87. The van der Waals surface area contributed by atoms with E-state index in [1.54, 1.807) is 25.1 Å². The third-order valence-electron chi connectivity index (χ3n) is 2.45. The van der Waals surface area contributed by atoms with Crippen LogP contribution in [0.25, 0.3) is 11.3 Å². The van der Waals surface area contributed by atoms with Gasteiger partial charge in [0.2, 0.25) is 5.76 Å². The number of hydrogen-bond acceptors (Lipinski definition) is 3. The second-order valence-corrected chi connectivity index (χ2v) is 3.62. The Bertz CT molecular complexity index is 558. The molecule has 1 aromatic carbocycles. The van der Waals surface area contributed by atoms with E-state index < -0.39 is 5.97 Å². The molecule has 2 rings (SSSR count). The lowest BCUT2D eigenvalue weighted by Crippen LogP contribution is -1.98. The van der Waals surface area contributed by atoms with Crippen LogP contribution in [0.1, 0.15) is 16.1 Å². The van der Waals surface area contributed by atoms with Crippen molar-refractivity contribution in [3.63, 3.8) is 0 Å². The Morgan fingerprint density at radius 3 is 2.71 bits per heavy atom. The molecule has 0 atom stereocenters. The normalized spacial score (nSPS) is 10.3. The smallest absolute Gasteiger partial charge is 0.373 e. The summed E-state index contributed by atoms with van der Waals surface area (Å²) < 4.78 is 23.2. The third kappa shape index (κ3) is 2.20. The Balaban J connectivity index is 2.37. The molecule has 0 aliphatic carbocycles. The molecule has 0 saturated heterocycles. The summed E-state index contributed by atoms with van der Waals surface area (Å²) in [5, 5.41) is 0. The van der Waals surface area contributed by atoms with Gasteiger partial charge in [0.05, 0.1) is 7.11 Å². The highest BCUT2D eigenvalue weighted by Gasteiger charge is 2.12. The summed E-state index contributed by atoms with van der Waals surface area (Å²) in [5.41, 5.74) is 1.15. The zero-order valence-corrected chi connectivity index (χ0v) is 9.49. The van der Waals surface area contributed by atoms with Crippen LogP contribution in [-0.4, -0.2) is 13.1 Å². The average Bonchev–Trinajstić information content (AvgIpc) is 2.81. The molecule has 4 heteroatoms. The number of esters is 1. The van der Waals surface area contributed by atoms with E-state index in [9.17, 15) is 9.18 Å². The Morgan fingerprint density at radius 2 is 2.06 bits per heavy atom. The molecule has 1 heterocycles. The van der Waals surface area contributed by atoms with E-state index in [1.807, 2.05) is 0 Å². The van der Waals surface area contributed by atoms with E-state index in [-0.39, 0.29) is 11.6 Å². The maximum Gasteiger partial charge on any atom is 0.373 e. The first-order chi connectivity index (χ1) is 8.11. The highest BCUT2D eigenvalue weighted by atomic mass is 19.1. The first kappa shape index (κ1) is 11.4. The predicted octanol–water partition coefficient (Wildman–Crippen LogP) is 3.18. The van der Waals surface area contributed by atoms with Crippen LogP contribution >= 0.6 is 0 Å². The zero-order chi connectivity index (χ0) is 12.4. The molecule has 0 N–H and O–H groups in total. The molecule has 0 bridgehead atoms. The fraction of sp³-hybridized carbons (Fsp3) is 0.154. The van der Waals surface area contributed by atoms with E-state index in [4.69, 9.17) is 4.42 Å². The molecular weight excluding hydrogens is 223 g/mol. The molecule has 88 valence electrons. The van der Waals surface area contributed by atoms with Crippen molar-refractivity contribution in [1.29, 1.82) is 0 Å².